The molecule has 0 unspecified atom stereocenters. The molecular weight excluding hydrogens is 237 g/mol. The lowest BCUT2D eigenvalue weighted by atomic mass is 10.2. The number of nitrogens with zero attached hydrogens (tertiary/aromatic N) is 2. The molecule has 0 fully saturated rings. The van der Waals surface area contributed by atoms with Crippen LogP contribution in [0, 0.1) is 5.82 Å². The van der Waals surface area contributed by atoms with Gasteiger partial charge in [0.05, 0.1) is 11.3 Å². The van der Waals surface area contributed by atoms with Gasteiger partial charge in [0.15, 0.2) is 12.4 Å². The van der Waals surface area contributed by atoms with Crippen LogP contribution in [0.25, 0.3) is 0 Å². The summed E-state index contributed by atoms with van der Waals surface area (Å²) in [5, 5.41) is 0. The molecule has 0 aliphatic rings. The van der Waals surface area contributed by atoms with Gasteiger partial charge in [0.1, 0.15) is 5.82 Å². The minimum Gasteiger partial charge on any atom is -0.454 e. The monoisotopic (exact) mass is 247 g/mol. The second kappa shape index (κ2) is 5.22. The summed E-state index contributed by atoms with van der Waals surface area (Å²) in [6.45, 7) is -0.0447. The fourth-order valence-corrected chi connectivity index (χ4v) is 1.29. The van der Waals surface area contributed by atoms with Crippen molar-refractivity contribution in [3.05, 3.63) is 53.9 Å². The largest absolute Gasteiger partial charge is 0.454 e. The van der Waals surface area contributed by atoms with Gasteiger partial charge in [0, 0.05) is 12.4 Å². The van der Waals surface area contributed by atoms with E-state index >= 15 is 0 Å². The van der Waals surface area contributed by atoms with Crippen molar-refractivity contribution >= 4 is 11.7 Å². The maximum atomic E-state index is 12.9. The Kier molecular flexibility index (Phi) is 3.47. The molecule has 0 amide bonds. The summed E-state index contributed by atoms with van der Waals surface area (Å²) in [7, 11) is 0. The lowest BCUT2D eigenvalue weighted by Crippen LogP contribution is -2.08. The number of hydrogen-bond donors (Lipinski definition) is 1. The highest BCUT2D eigenvalue weighted by Gasteiger charge is 2.10. The number of halogens is 1. The molecule has 0 saturated carbocycles. The van der Waals surface area contributed by atoms with Crippen LogP contribution in [0.1, 0.15) is 16.2 Å². The van der Waals surface area contributed by atoms with Crippen molar-refractivity contribution in [1.29, 1.82) is 0 Å². The Hall–Kier alpha value is -2.50. The van der Waals surface area contributed by atoms with Crippen LogP contribution in [-0.2, 0) is 11.3 Å². The van der Waals surface area contributed by atoms with Crippen LogP contribution in [0.3, 0.4) is 0 Å². The summed E-state index contributed by atoms with van der Waals surface area (Å²) in [5.41, 5.74) is 5.45. The van der Waals surface area contributed by atoms with E-state index in [9.17, 15) is 9.18 Å². The molecule has 6 heteroatoms. The highest BCUT2D eigenvalue weighted by atomic mass is 19.1. The standard InChI is InChI=1S/C12H10FN3O2/c13-9-3-2-8(6-10(9)14)12(17)18-7-11-15-4-1-5-16-11/h1-6H,7,14H2. The first-order valence-electron chi connectivity index (χ1n) is 5.15. The van der Waals surface area contributed by atoms with Gasteiger partial charge in [-0.1, -0.05) is 0 Å². The van der Waals surface area contributed by atoms with Crippen LogP contribution >= 0.6 is 0 Å². The molecule has 2 aromatic rings. The number of esters is 1. The number of nitrogens with two attached hydrogens (primary N) is 1. The summed E-state index contributed by atoms with van der Waals surface area (Å²) >= 11 is 0. The molecule has 0 bridgehead atoms. The number of carbonyl (C=O) groups is 1. The van der Waals surface area contributed by atoms with Gasteiger partial charge in [-0.05, 0) is 24.3 Å². The molecule has 5 nitrogen and oxygen atoms in total. The van der Waals surface area contributed by atoms with E-state index in [0.29, 0.717) is 5.82 Å². The summed E-state index contributed by atoms with van der Waals surface area (Å²) in [4.78, 5) is 19.4. The predicted octanol–water partition coefficient (Wildman–Crippen LogP) is 1.55. The van der Waals surface area contributed by atoms with E-state index in [1.807, 2.05) is 0 Å². The Balaban J connectivity index is 2.02. The normalized spacial score (nSPS) is 10.1. The molecule has 0 aliphatic carbocycles. The number of hydrogen-bond acceptors (Lipinski definition) is 5. The zero-order chi connectivity index (χ0) is 13.0. The molecule has 0 saturated heterocycles. The van der Waals surface area contributed by atoms with E-state index in [1.165, 1.54) is 12.1 Å². The van der Waals surface area contributed by atoms with E-state index in [2.05, 4.69) is 9.97 Å². The lowest BCUT2D eigenvalue weighted by Gasteiger charge is -2.04. The minimum atomic E-state index is -0.603. The van der Waals surface area contributed by atoms with E-state index < -0.39 is 11.8 Å². The molecule has 2 rings (SSSR count). The van der Waals surface area contributed by atoms with Gasteiger partial charge < -0.3 is 10.5 Å². The van der Waals surface area contributed by atoms with Gasteiger partial charge in [0.2, 0.25) is 0 Å². The maximum Gasteiger partial charge on any atom is 0.338 e. The number of rotatable bonds is 3. The average molecular weight is 247 g/mol. The van der Waals surface area contributed by atoms with Crippen LogP contribution in [0.2, 0.25) is 0 Å². The highest BCUT2D eigenvalue weighted by Crippen LogP contribution is 2.13. The molecule has 18 heavy (non-hydrogen) atoms. The fourth-order valence-electron chi connectivity index (χ4n) is 1.29. The molecule has 2 N–H and O–H groups in total. The Morgan fingerprint density at radius 2 is 2.06 bits per heavy atom. The third-order valence-corrected chi connectivity index (χ3v) is 2.18. The summed E-state index contributed by atoms with van der Waals surface area (Å²) in [5.74, 6) is -0.784. The van der Waals surface area contributed by atoms with Gasteiger partial charge in [0.25, 0.3) is 0 Å². The van der Waals surface area contributed by atoms with E-state index in [4.69, 9.17) is 10.5 Å². The third kappa shape index (κ3) is 2.79. The Morgan fingerprint density at radius 1 is 1.33 bits per heavy atom. The zero-order valence-electron chi connectivity index (χ0n) is 9.34. The predicted molar refractivity (Wildman–Crippen MR) is 62.0 cm³/mol. The topological polar surface area (TPSA) is 78.1 Å². The van der Waals surface area contributed by atoms with Gasteiger partial charge in [-0.3, -0.25) is 0 Å². The highest BCUT2D eigenvalue weighted by molar-refractivity contribution is 5.90. The van der Waals surface area contributed by atoms with Crippen molar-refractivity contribution in [2.75, 3.05) is 5.73 Å². The summed E-state index contributed by atoms with van der Waals surface area (Å²) in [6, 6.07) is 5.31. The molecule has 0 radical (unpaired) electrons. The van der Waals surface area contributed by atoms with Gasteiger partial charge >= 0.3 is 5.97 Å². The Labute approximate surface area is 102 Å². The Morgan fingerprint density at radius 3 is 2.72 bits per heavy atom. The summed E-state index contributed by atoms with van der Waals surface area (Å²) < 4.78 is 17.9. The number of ether oxygens (including phenoxy) is 1. The maximum absolute atomic E-state index is 12.9. The van der Waals surface area contributed by atoms with Gasteiger partial charge in [-0.15, -0.1) is 0 Å². The first kappa shape index (κ1) is 12.0. The summed E-state index contributed by atoms with van der Waals surface area (Å²) in [6.07, 6.45) is 3.10. The van der Waals surface area contributed by atoms with Crippen molar-refractivity contribution in [3.8, 4) is 0 Å². The molecule has 0 atom stereocenters. The lowest BCUT2D eigenvalue weighted by molar-refractivity contribution is 0.0462. The third-order valence-electron chi connectivity index (χ3n) is 2.18. The quantitative estimate of drug-likeness (QED) is 0.657. The zero-order valence-corrected chi connectivity index (χ0v) is 9.34. The number of nitrogen functional groups attached to an aromatic ring is 1. The molecule has 1 aromatic carbocycles. The number of aromatic nitrogens is 2. The van der Waals surface area contributed by atoms with Crippen LogP contribution < -0.4 is 5.73 Å². The van der Waals surface area contributed by atoms with Crippen LogP contribution in [-0.4, -0.2) is 15.9 Å². The van der Waals surface area contributed by atoms with E-state index in [0.717, 1.165) is 6.07 Å². The van der Waals surface area contributed by atoms with E-state index in [1.54, 1.807) is 18.5 Å². The Bertz CT molecular complexity index is 561. The SMILES string of the molecule is Nc1cc(C(=O)OCc2ncccn2)ccc1F. The first-order valence-corrected chi connectivity index (χ1v) is 5.15. The number of anilines is 1. The van der Waals surface area contributed by atoms with Crippen molar-refractivity contribution in [2.45, 2.75) is 6.61 Å². The number of benzene rings is 1. The van der Waals surface area contributed by atoms with Crippen molar-refractivity contribution in [3.63, 3.8) is 0 Å². The average Bonchev–Trinajstić information content (AvgIpc) is 2.40. The van der Waals surface area contributed by atoms with E-state index in [-0.39, 0.29) is 17.9 Å². The van der Waals surface area contributed by atoms with Gasteiger partial charge in [-0.2, -0.15) is 0 Å². The van der Waals surface area contributed by atoms with Crippen molar-refractivity contribution < 1.29 is 13.9 Å². The minimum absolute atomic E-state index is 0.0447. The molecular formula is C12H10FN3O2. The van der Waals surface area contributed by atoms with Crippen LogP contribution in [0.4, 0.5) is 10.1 Å². The molecule has 1 heterocycles. The molecule has 0 spiro atoms. The second-order valence-electron chi connectivity index (χ2n) is 3.48. The molecule has 1 aromatic heterocycles. The first-order chi connectivity index (χ1) is 8.66. The fraction of sp³-hybridized carbons (Fsp3) is 0.0833. The number of carbonyl (C=O) groups excluding carboxylic acids is 1. The van der Waals surface area contributed by atoms with Gasteiger partial charge in [-0.25, -0.2) is 19.2 Å². The van der Waals surface area contributed by atoms with Crippen LogP contribution in [0.15, 0.2) is 36.7 Å². The van der Waals surface area contributed by atoms with Crippen molar-refractivity contribution in [1.82, 2.24) is 9.97 Å². The van der Waals surface area contributed by atoms with Crippen LogP contribution in [0.5, 0.6) is 0 Å². The molecule has 92 valence electrons. The smallest absolute Gasteiger partial charge is 0.338 e. The van der Waals surface area contributed by atoms with Crippen molar-refractivity contribution in [2.24, 2.45) is 0 Å². The second-order valence-corrected chi connectivity index (χ2v) is 3.48. The molecule has 0 aliphatic heterocycles.